The number of hydrogen-bond donors (Lipinski definition) is 1. The predicted molar refractivity (Wildman–Crippen MR) is 155 cm³/mol. The van der Waals surface area contributed by atoms with Crippen LogP contribution in [0.3, 0.4) is 0 Å². The topological polar surface area (TPSA) is 105 Å². The molecule has 0 heterocycles. The van der Waals surface area contributed by atoms with Crippen LogP contribution < -0.4 is 19.1 Å². The molecule has 214 valence electrons. The van der Waals surface area contributed by atoms with Crippen LogP contribution in [0, 0.1) is 0 Å². The molecule has 0 spiro atoms. The summed E-state index contributed by atoms with van der Waals surface area (Å²) in [5.41, 5.74) is 1.06. The molecule has 0 bridgehead atoms. The number of carbonyl (C=O) groups excluding carboxylic acids is 2. The largest absolute Gasteiger partial charge is 0.497 e. The zero-order chi connectivity index (χ0) is 29.3. The summed E-state index contributed by atoms with van der Waals surface area (Å²) in [4.78, 5) is 28.4. The van der Waals surface area contributed by atoms with Crippen molar-refractivity contribution in [2.24, 2.45) is 0 Å². The maximum absolute atomic E-state index is 13.9. The van der Waals surface area contributed by atoms with Crippen molar-refractivity contribution < 1.29 is 27.5 Å². The highest BCUT2D eigenvalue weighted by molar-refractivity contribution is 7.92. The van der Waals surface area contributed by atoms with Crippen molar-refractivity contribution in [3.8, 4) is 11.5 Å². The zero-order valence-electron chi connectivity index (χ0n) is 23.5. The second kappa shape index (κ2) is 13.8. The van der Waals surface area contributed by atoms with Gasteiger partial charge in [0.05, 0.1) is 24.3 Å². The van der Waals surface area contributed by atoms with E-state index in [0.717, 1.165) is 9.87 Å². The number of nitrogens with one attached hydrogen (secondary N) is 1. The van der Waals surface area contributed by atoms with Crippen molar-refractivity contribution in [1.82, 2.24) is 10.2 Å². The fraction of sp³-hybridized carbons (Fsp3) is 0.333. The van der Waals surface area contributed by atoms with Crippen molar-refractivity contribution in [1.29, 1.82) is 0 Å². The first-order valence-electron chi connectivity index (χ1n) is 13.1. The fourth-order valence-corrected chi connectivity index (χ4v) is 5.47. The number of ether oxygens (including phenoxy) is 2. The Bertz CT molecular complexity index is 1360. The number of amides is 2. The van der Waals surface area contributed by atoms with Crippen LogP contribution in [-0.4, -0.2) is 57.5 Å². The van der Waals surface area contributed by atoms with E-state index in [1.54, 1.807) is 80.8 Å². The number of nitrogens with zero attached hydrogens (tertiary/aromatic N) is 2. The molecule has 0 aliphatic rings. The van der Waals surface area contributed by atoms with Gasteiger partial charge in [0.2, 0.25) is 11.8 Å². The Labute approximate surface area is 236 Å². The molecule has 10 heteroatoms. The number of carbonyl (C=O) groups is 2. The maximum atomic E-state index is 13.9. The molecular formula is C30H37N3O6S. The van der Waals surface area contributed by atoms with Gasteiger partial charge in [-0.1, -0.05) is 30.3 Å². The summed E-state index contributed by atoms with van der Waals surface area (Å²) in [6.45, 7) is 7.19. The molecule has 2 amide bonds. The number of benzene rings is 3. The van der Waals surface area contributed by atoms with Gasteiger partial charge >= 0.3 is 0 Å². The molecule has 0 fully saturated rings. The molecule has 3 aromatic carbocycles. The Hall–Kier alpha value is -4.05. The first-order chi connectivity index (χ1) is 19.1. The van der Waals surface area contributed by atoms with Gasteiger partial charge in [0.15, 0.2) is 0 Å². The second-order valence-electron chi connectivity index (χ2n) is 9.46. The Morgan fingerprint density at radius 2 is 1.48 bits per heavy atom. The van der Waals surface area contributed by atoms with Crippen molar-refractivity contribution in [3.63, 3.8) is 0 Å². The summed E-state index contributed by atoms with van der Waals surface area (Å²) in [6.07, 6.45) is 0. The second-order valence-corrected chi connectivity index (χ2v) is 11.3. The lowest BCUT2D eigenvalue weighted by Gasteiger charge is -2.32. The van der Waals surface area contributed by atoms with Crippen LogP contribution in [0.2, 0.25) is 0 Å². The molecule has 0 saturated heterocycles. The molecule has 1 atom stereocenters. The number of methoxy groups -OCH3 is 1. The molecule has 3 aromatic rings. The van der Waals surface area contributed by atoms with Crippen LogP contribution in [0.1, 0.15) is 33.3 Å². The highest BCUT2D eigenvalue weighted by Crippen LogP contribution is 2.27. The summed E-state index contributed by atoms with van der Waals surface area (Å²) < 4.78 is 39.4. The first kappa shape index (κ1) is 30.5. The van der Waals surface area contributed by atoms with E-state index in [0.29, 0.717) is 23.8 Å². The third kappa shape index (κ3) is 7.75. The van der Waals surface area contributed by atoms with Crippen LogP contribution in [0.25, 0.3) is 0 Å². The summed E-state index contributed by atoms with van der Waals surface area (Å²) in [6, 6.07) is 20.6. The van der Waals surface area contributed by atoms with Gasteiger partial charge in [-0.2, -0.15) is 0 Å². The molecule has 0 saturated carbocycles. The van der Waals surface area contributed by atoms with Gasteiger partial charge in [-0.15, -0.1) is 0 Å². The Morgan fingerprint density at radius 3 is 2.02 bits per heavy atom. The van der Waals surface area contributed by atoms with Crippen LogP contribution in [-0.2, 0) is 26.2 Å². The smallest absolute Gasteiger partial charge is 0.264 e. The van der Waals surface area contributed by atoms with Crippen LogP contribution in [0.5, 0.6) is 11.5 Å². The molecule has 1 N–H and O–H groups in total. The Morgan fingerprint density at radius 1 is 0.875 bits per heavy atom. The fourth-order valence-electron chi connectivity index (χ4n) is 4.04. The van der Waals surface area contributed by atoms with Crippen LogP contribution in [0.15, 0.2) is 83.8 Å². The summed E-state index contributed by atoms with van der Waals surface area (Å²) in [5.74, 6) is 0.364. The molecule has 9 nitrogen and oxygen atoms in total. The van der Waals surface area contributed by atoms with E-state index in [-0.39, 0.29) is 23.4 Å². The number of hydrogen-bond acceptors (Lipinski definition) is 6. The van der Waals surface area contributed by atoms with E-state index in [2.05, 4.69) is 5.32 Å². The van der Waals surface area contributed by atoms with E-state index in [1.807, 2.05) is 20.8 Å². The molecule has 1 unspecified atom stereocenters. The minimum atomic E-state index is -4.13. The van der Waals surface area contributed by atoms with Crippen LogP contribution >= 0.6 is 0 Å². The van der Waals surface area contributed by atoms with Gasteiger partial charge in [-0.3, -0.25) is 13.9 Å². The van der Waals surface area contributed by atoms with Crippen molar-refractivity contribution >= 4 is 27.5 Å². The third-order valence-electron chi connectivity index (χ3n) is 6.16. The third-order valence-corrected chi connectivity index (χ3v) is 7.94. The van der Waals surface area contributed by atoms with E-state index in [4.69, 9.17) is 9.47 Å². The van der Waals surface area contributed by atoms with E-state index < -0.39 is 28.5 Å². The van der Waals surface area contributed by atoms with Gasteiger partial charge in [-0.05, 0) is 81.8 Å². The quantitative estimate of drug-likeness (QED) is 0.332. The van der Waals surface area contributed by atoms with Crippen molar-refractivity contribution in [2.75, 3.05) is 24.6 Å². The molecule has 0 radical (unpaired) electrons. The minimum absolute atomic E-state index is 0.0454. The van der Waals surface area contributed by atoms with Crippen molar-refractivity contribution in [3.05, 3.63) is 84.4 Å². The summed E-state index contributed by atoms with van der Waals surface area (Å²) in [7, 11) is -2.57. The lowest BCUT2D eigenvalue weighted by Crippen LogP contribution is -2.52. The minimum Gasteiger partial charge on any atom is -0.497 e. The SMILES string of the molecule is CCOc1ccc(N(CC(=O)N(Cc2ccc(OC)cc2)C(C)C(=O)NC(C)C)S(=O)(=O)c2ccccc2)cc1. The molecule has 40 heavy (non-hydrogen) atoms. The molecule has 0 aliphatic carbocycles. The van der Waals surface area contributed by atoms with Crippen molar-refractivity contribution in [2.45, 2.75) is 51.2 Å². The number of rotatable bonds is 13. The Balaban J connectivity index is 2.01. The average molecular weight is 568 g/mol. The highest BCUT2D eigenvalue weighted by Gasteiger charge is 2.32. The average Bonchev–Trinajstić information content (AvgIpc) is 2.95. The van der Waals surface area contributed by atoms with Gasteiger partial charge in [0.25, 0.3) is 10.0 Å². The number of sulfonamides is 1. The van der Waals surface area contributed by atoms with Gasteiger partial charge in [0, 0.05) is 12.6 Å². The first-order valence-corrected chi connectivity index (χ1v) is 14.5. The monoisotopic (exact) mass is 567 g/mol. The molecule has 0 aromatic heterocycles. The molecule has 0 aliphatic heterocycles. The van der Waals surface area contributed by atoms with Gasteiger partial charge < -0.3 is 19.7 Å². The molecular weight excluding hydrogens is 530 g/mol. The number of anilines is 1. The van der Waals surface area contributed by atoms with Gasteiger partial charge in [0.1, 0.15) is 24.1 Å². The van der Waals surface area contributed by atoms with Gasteiger partial charge in [-0.25, -0.2) is 8.42 Å². The lowest BCUT2D eigenvalue weighted by molar-refractivity contribution is -0.139. The lowest BCUT2D eigenvalue weighted by atomic mass is 10.1. The zero-order valence-corrected chi connectivity index (χ0v) is 24.4. The molecule has 3 rings (SSSR count). The van der Waals surface area contributed by atoms with E-state index >= 15 is 0 Å². The Kier molecular flexibility index (Phi) is 10.6. The van der Waals surface area contributed by atoms with E-state index in [9.17, 15) is 18.0 Å². The van der Waals surface area contributed by atoms with Crippen LogP contribution in [0.4, 0.5) is 5.69 Å². The standard InChI is InChI=1S/C30H37N3O6S/c1-6-39-27-18-14-25(15-19-27)33(40(36,37)28-10-8-7-9-11-28)21-29(34)32(23(4)30(35)31-22(2)3)20-24-12-16-26(38-5)17-13-24/h7-19,22-23H,6,20-21H2,1-5H3,(H,31,35). The predicted octanol–water partition coefficient (Wildman–Crippen LogP) is 4.23. The normalized spacial score (nSPS) is 11.9. The summed E-state index contributed by atoms with van der Waals surface area (Å²) >= 11 is 0. The maximum Gasteiger partial charge on any atom is 0.264 e. The summed E-state index contributed by atoms with van der Waals surface area (Å²) in [5, 5.41) is 2.84. The highest BCUT2D eigenvalue weighted by atomic mass is 32.2. The van der Waals surface area contributed by atoms with E-state index in [1.165, 1.54) is 17.0 Å².